The molecule has 100 valence electrons. The highest BCUT2D eigenvalue weighted by Gasteiger charge is 2.17. The van der Waals surface area contributed by atoms with Crippen molar-refractivity contribution in [2.24, 2.45) is 5.92 Å². The van der Waals surface area contributed by atoms with Gasteiger partial charge in [0.1, 0.15) is 5.75 Å². The van der Waals surface area contributed by atoms with Crippen molar-refractivity contribution < 1.29 is 4.74 Å². The monoisotopic (exact) mass is 247 g/mol. The fourth-order valence-electron chi connectivity index (χ4n) is 2.84. The minimum absolute atomic E-state index is 0.362. The van der Waals surface area contributed by atoms with E-state index in [4.69, 9.17) is 4.74 Å². The van der Waals surface area contributed by atoms with Crippen LogP contribution in [0.5, 0.6) is 5.75 Å². The molecule has 1 aliphatic carbocycles. The van der Waals surface area contributed by atoms with Gasteiger partial charge in [-0.1, -0.05) is 25.0 Å². The van der Waals surface area contributed by atoms with E-state index in [0.29, 0.717) is 6.04 Å². The summed E-state index contributed by atoms with van der Waals surface area (Å²) in [6.45, 7) is 5.46. The van der Waals surface area contributed by atoms with Gasteiger partial charge in [0.25, 0.3) is 0 Å². The average Bonchev–Trinajstić information content (AvgIpc) is 2.88. The average molecular weight is 247 g/mol. The molecule has 1 aromatic rings. The molecule has 0 heterocycles. The zero-order chi connectivity index (χ0) is 13.0. The van der Waals surface area contributed by atoms with Gasteiger partial charge >= 0.3 is 0 Å². The lowest BCUT2D eigenvalue weighted by molar-refractivity contribution is 0.394. The van der Waals surface area contributed by atoms with E-state index in [-0.39, 0.29) is 0 Å². The summed E-state index contributed by atoms with van der Waals surface area (Å²) >= 11 is 0. The number of hydrogen-bond donors (Lipinski definition) is 1. The van der Waals surface area contributed by atoms with E-state index < -0.39 is 0 Å². The molecule has 1 aromatic carbocycles. The second-order valence-electron chi connectivity index (χ2n) is 5.53. The molecular formula is C16H25NO. The molecule has 2 rings (SSSR count). The van der Waals surface area contributed by atoms with Gasteiger partial charge in [-0.3, -0.25) is 0 Å². The smallest absolute Gasteiger partial charge is 0.123 e. The Hall–Kier alpha value is -1.02. The highest BCUT2D eigenvalue weighted by molar-refractivity contribution is 5.39. The lowest BCUT2D eigenvalue weighted by Gasteiger charge is -2.20. The molecule has 0 radical (unpaired) electrons. The van der Waals surface area contributed by atoms with Gasteiger partial charge in [0.15, 0.2) is 0 Å². The molecule has 2 nitrogen and oxygen atoms in total. The molecule has 1 atom stereocenters. The number of aryl methyl sites for hydroxylation is 1. The first kappa shape index (κ1) is 13.4. The maximum absolute atomic E-state index is 5.48. The van der Waals surface area contributed by atoms with Crippen molar-refractivity contribution >= 4 is 0 Å². The molecule has 1 saturated carbocycles. The Labute approximate surface area is 111 Å². The first-order chi connectivity index (χ1) is 8.70. The predicted octanol–water partition coefficient (Wildman–Crippen LogP) is 3.84. The minimum atomic E-state index is 0.362. The minimum Gasteiger partial charge on any atom is -0.496 e. The van der Waals surface area contributed by atoms with Gasteiger partial charge in [0.2, 0.25) is 0 Å². The summed E-state index contributed by atoms with van der Waals surface area (Å²) in [6, 6.07) is 6.82. The molecule has 1 N–H and O–H groups in total. The van der Waals surface area contributed by atoms with Crippen molar-refractivity contribution in [3.05, 3.63) is 29.3 Å². The van der Waals surface area contributed by atoms with E-state index >= 15 is 0 Å². The van der Waals surface area contributed by atoms with Crippen molar-refractivity contribution in [1.29, 1.82) is 0 Å². The molecule has 0 bridgehead atoms. The molecule has 1 fully saturated rings. The third kappa shape index (κ3) is 3.26. The summed E-state index contributed by atoms with van der Waals surface area (Å²) < 4.78 is 5.48. The summed E-state index contributed by atoms with van der Waals surface area (Å²) in [5.74, 6) is 1.88. The lowest BCUT2D eigenvalue weighted by Crippen LogP contribution is -2.24. The lowest BCUT2D eigenvalue weighted by atomic mass is 10.0. The third-order valence-corrected chi connectivity index (χ3v) is 4.04. The van der Waals surface area contributed by atoms with Crippen molar-refractivity contribution in [3.8, 4) is 5.75 Å². The highest BCUT2D eigenvalue weighted by Crippen LogP contribution is 2.28. The molecule has 0 spiro atoms. The summed E-state index contributed by atoms with van der Waals surface area (Å²) in [4.78, 5) is 0. The topological polar surface area (TPSA) is 21.3 Å². The van der Waals surface area contributed by atoms with E-state index in [0.717, 1.165) is 18.2 Å². The van der Waals surface area contributed by atoms with Crippen LogP contribution < -0.4 is 10.1 Å². The molecular weight excluding hydrogens is 222 g/mol. The van der Waals surface area contributed by atoms with Gasteiger partial charge in [-0.15, -0.1) is 0 Å². The Morgan fingerprint density at radius 2 is 2.06 bits per heavy atom. The maximum atomic E-state index is 5.48. The standard InChI is InChI=1S/C16H25NO/c1-12-8-9-15(16(10-12)18-3)13(2)17-11-14-6-4-5-7-14/h8-10,13-14,17H,4-7,11H2,1-3H3. The Bertz CT molecular complexity index is 383. The van der Waals surface area contributed by atoms with E-state index in [1.165, 1.54) is 36.8 Å². The second kappa shape index (κ2) is 6.24. The molecule has 18 heavy (non-hydrogen) atoms. The van der Waals surface area contributed by atoms with Crippen molar-refractivity contribution in [1.82, 2.24) is 5.32 Å². The van der Waals surface area contributed by atoms with Crippen LogP contribution in [0.2, 0.25) is 0 Å². The first-order valence-corrected chi connectivity index (χ1v) is 7.08. The Morgan fingerprint density at radius 3 is 2.72 bits per heavy atom. The second-order valence-corrected chi connectivity index (χ2v) is 5.53. The normalized spacial score (nSPS) is 17.9. The van der Waals surface area contributed by atoms with E-state index in [1.54, 1.807) is 7.11 Å². The number of rotatable bonds is 5. The molecule has 1 unspecified atom stereocenters. The van der Waals surface area contributed by atoms with Gasteiger partial charge in [-0.05, 0) is 50.8 Å². The molecule has 0 aliphatic heterocycles. The zero-order valence-corrected chi connectivity index (χ0v) is 11.8. The van der Waals surface area contributed by atoms with Crippen LogP contribution >= 0.6 is 0 Å². The fourth-order valence-corrected chi connectivity index (χ4v) is 2.84. The molecule has 0 aromatic heterocycles. The molecule has 1 aliphatic rings. The summed E-state index contributed by atoms with van der Waals surface area (Å²) in [5, 5.41) is 3.66. The predicted molar refractivity (Wildman–Crippen MR) is 76.1 cm³/mol. The fraction of sp³-hybridized carbons (Fsp3) is 0.625. The zero-order valence-electron chi connectivity index (χ0n) is 11.8. The Kier molecular flexibility index (Phi) is 4.65. The van der Waals surface area contributed by atoms with Gasteiger partial charge in [0, 0.05) is 11.6 Å². The van der Waals surface area contributed by atoms with Crippen molar-refractivity contribution in [2.45, 2.75) is 45.6 Å². The number of nitrogens with one attached hydrogen (secondary N) is 1. The van der Waals surface area contributed by atoms with E-state index in [2.05, 4.69) is 37.4 Å². The number of benzene rings is 1. The number of hydrogen-bond acceptors (Lipinski definition) is 2. The molecule has 0 amide bonds. The van der Waals surface area contributed by atoms with Gasteiger partial charge < -0.3 is 10.1 Å². The Balaban J connectivity index is 1.96. The van der Waals surface area contributed by atoms with E-state index in [9.17, 15) is 0 Å². The summed E-state index contributed by atoms with van der Waals surface area (Å²) in [7, 11) is 1.75. The summed E-state index contributed by atoms with van der Waals surface area (Å²) in [6.07, 6.45) is 5.61. The summed E-state index contributed by atoms with van der Waals surface area (Å²) in [5.41, 5.74) is 2.51. The van der Waals surface area contributed by atoms with Crippen molar-refractivity contribution in [2.75, 3.05) is 13.7 Å². The third-order valence-electron chi connectivity index (χ3n) is 4.04. The van der Waals surface area contributed by atoms with Crippen LogP contribution in [0.15, 0.2) is 18.2 Å². The van der Waals surface area contributed by atoms with Crippen LogP contribution in [0.3, 0.4) is 0 Å². The first-order valence-electron chi connectivity index (χ1n) is 7.08. The van der Waals surface area contributed by atoms with Crippen LogP contribution in [-0.4, -0.2) is 13.7 Å². The van der Waals surface area contributed by atoms with Crippen LogP contribution in [0, 0.1) is 12.8 Å². The van der Waals surface area contributed by atoms with Crippen molar-refractivity contribution in [3.63, 3.8) is 0 Å². The quantitative estimate of drug-likeness (QED) is 0.853. The number of methoxy groups -OCH3 is 1. The SMILES string of the molecule is COc1cc(C)ccc1C(C)NCC1CCCC1. The van der Waals surface area contributed by atoms with Crippen LogP contribution in [-0.2, 0) is 0 Å². The number of ether oxygens (including phenoxy) is 1. The molecule has 0 saturated heterocycles. The van der Waals surface area contributed by atoms with Gasteiger partial charge in [0.05, 0.1) is 7.11 Å². The maximum Gasteiger partial charge on any atom is 0.123 e. The van der Waals surface area contributed by atoms with E-state index in [1.807, 2.05) is 0 Å². The molecule has 2 heteroatoms. The highest BCUT2D eigenvalue weighted by atomic mass is 16.5. The van der Waals surface area contributed by atoms with Gasteiger partial charge in [-0.2, -0.15) is 0 Å². The van der Waals surface area contributed by atoms with Crippen LogP contribution in [0.4, 0.5) is 0 Å². The van der Waals surface area contributed by atoms with Crippen LogP contribution in [0.25, 0.3) is 0 Å². The Morgan fingerprint density at radius 1 is 1.33 bits per heavy atom. The van der Waals surface area contributed by atoms with Gasteiger partial charge in [-0.25, -0.2) is 0 Å². The van der Waals surface area contributed by atoms with Crippen LogP contribution in [0.1, 0.15) is 49.8 Å². The largest absolute Gasteiger partial charge is 0.496 e.